The van der Waals surface area contributed by atoms with Crippen molar-refractivity contribution in [2.75, 3.05) is 11.1 Å². The number of hydrogen-bond donors (Lipinski definition) is 2. The second-order valence-electron chi connectivity index (χ2n) is 4.02. The molecular weight excluding hydrogens is 230 g/mol. The molecule has 1 amide bonds. The molecule has 0 aliphatic carbocycles. The van der Waals surface area contributed by atoms with Crippen molar-refractivity contribution in [1.29, 1.82) is 0 Å². The van der Waals surface area contributed by atoms with Gasteiger partial charge in [-0.3, -0.25) is 4.79 Å². The first-order valence-electron chi connectivity index (χ1n) is 5.73. The molecule has 0 atom stereocenters. The summed E-state index contributed by atoms with van der Waals surface area (Å²) >= 11 is 0. The Hall–Kier alpha value is -2.30. The molecule has 0 saturated carbocycles. The SMILES string of the molecule is CCc1ccc(NC(=O)c2cnoc2C)cc1N. The number of hydrogen-bond acceptors (Lipinski definition) is 4. The van der Waals surface area contributed by atoms with Gasteiger partial charge in [0.15, 0.2) is 0 Å². The molecular formula is C13H15N3O2. The van der Waals surface area contributed by atoms with Gasteiger partial charge < -0.3 is 15.6 Å². The zero-order valence-electron chi connectivity index (χ0n) is 10.4. The van der Waals surface area contributed by atoms with Gasteiger partial charge in [-0.2, -0.15) is 0 Å². The Morgan fingerprint density at radius 1 is 1.50 bits per heavy atom. The lowest BCUT2D eigenvalue weighted by Crippen LogP contribution is -2.12. The van der Waals surface area contributed by atoms with Gasteiger partial charge in [0.2, 0.25) is 0 Å². The van der Waals surface area contributed by atoms with E-state index in [1.54, 1.807) is 13.0 Å². The molecule has 0 unspecified atom stereocenters. The molecule has 94 valence electrons. The Labute approximate surface area is 105 Å². The standard InChI is InChI=1S/C13H15N3O2/c1-3-9-4-5-10(6-12(9)14)16-13(17)11-7-15-18-8(11)2/h4-7H,3,14H2,1-2H3,(H,16,17). The molecule has 0 aliphatic heterocycles. The van der Waals surface area contributed by atoms with E-state index < -0.39 is 0 Å². The second-order valence-corrected chi connectivity index (χ2v) is 4.02. The summed E-state index contributed by atoms with van der Waals surface area (Å²) in [4.78, 5) is 11.9. The van der Waals surface area contributed by atoms with Crippen LogP contribution in [0.4, 0.5) is 11.4 Å². The van der Waals surface area contributed by atoms with Crippen molar-refractivity contribution in [3.63, 3.8) is 0 Å². The number of nitrogens with zero attached hydrogens (tertiary/aromatic N) is 1. The summed E-state index contributed by atoms with van der Waals surface area (Å²) in [5, 5.41) is 6.33. The van der Waals surface area contributed by atoms with Crippen LogP contribution in [0.2, 0.25) is 0 Å². The summed E-state index contributed by atoms with van der Waals surface area (Å²) in [6.45, 7) is 3.72. The van der Waals surface area contributed by atoms with E-state index in [1.165, 1.54) is 6.20 Å². The summed E-state index contributed by atoms with van der Waals surface area (Å²) in [5.74, 6) is 0.239. The van der Waals surface area contributed by atoms with E-state index >= 15 is 0 Å². The van der Waals surface area contributed by atoms with Crippen LogP contribution in [0.15, 0.2) is 28.9 Å². The van der Waals surface area contributed by atoms with E-state index in [4.69, 9.17) is 10.3 Å². The van der Waals surface area contributed by atoms with Crippen molar-refractivity contribution in [3.8, 4) is 0 Å². The van der Waals surface area contributed by atoms with Gasteiger partial charge in [0.25, 0.3) is 5.91 Å². The van der Waals surface area contributed by atoms with E-state index in [-0.39, 0.29) is 5.91 Å². The van der Waals surface area contributed by atoms with Crippen LogP contribution in [0.1, 0.15) is 28.6 Å². The summed E-state index contributed by atoms with van der Waals surface area (Å²) in [5.41, 5.74) is 8.70. The Bertz CT molecular complexity index is 575. The average Bonchev–Trinajstić information content (AvgIpc) is 2.76. The fourth-order valence-corrected chi connectivity index (χ4v) is 1.71. The number of benzene rings is 1. The average molecular weight is 245 g/mol. The maximum Gasteiger partial charge on any atom is 0.260 e. The minimum Gasteiger partial charge on any atom is -0.398 e. The topological polar surface area (TPSA) is 81.2 Å². The normalized spacial score (nSPS) is 10.3. The highest BCUT2D eigenvalue weighted by Crippen LogP contribution is 2.19. The van der Waals surface area contributed by atoms with Crippen LogP contribution in [-0.2, 0) is 6.42 Å². The van der Waals surface area contributed by atoms with E-state index in [2.05, 4.69) is 10.5 Å². The highest BCUT2D eigenvalue weighted by Gasteiger charge is 2.13. The van der Waals surface area contributed by atoms with E-state index in [0.717, 1.165) is 12.0 Å². The van der Waals surface area contributed by atoms with Gasteiger partial charge >= 0.3 is 0 Å². The van der Waals surface area contributed by atoms with Crippen LogP contribution >= 0.6 is 0 Å². The maximum absolute atomic E-state index is 11.9. The number of carbonyl (C=O) groups excluding carboxylic acids is 1. The van der Waals surface area contributed by atoms with Crippen LogP contribution < -0.4 is 11.1 Å². The molecule has 5 heteroatoms. The first-order valence-corrected chi connectivity index (χ1v) is 5.73. The van der Waals surface area contributed by atoms with Crippen LogP contribution in [-0.4, -0.2) is 11.1 Å². The molecule has 0 aliphatic rings. The van der Waals surface area contributed by atoms with Crippen LogP contribution in [0.5, 0.6) is 0 Å². The van der Waals surface area contributed by atoms with Gasteiger partial charge in [-0.15, -0.1) is 0 Å². The maximum atomic E-state index is 11.9. The fourth-order valence-electron chi connectivity index (χ4n) is 1.71. The quantitative estimate of drug-likeness (QED) is 0.813. The summed E-state index contributed by atoms with van der Waals surface area (Å²) in [6.07, 6.45) is 2.26. The fraction of sp³-hybridized carbons (Fsp3) is 0.231. The number of amides is 1. The van der Waals surface area contributed by atoms with Crippen LogP contribution in [0.3, 0.4) is 0 Å². The third-order valence-corrected chi connectivity index (χ3v) is 2.78. The highest BCUT2D eigenvalue weighted by atomic mass is 16.5. The summed E-state index contributed by atoms with van der Waals surface area (Å²) in [7, 11) is 0. The van der Waals surface area contributed by atoms with E-state index in [0.29, 0.717) is 22.7 Å². The molecule has 1 aromatic carbocycles. The monoisotopic (exact) mass is 245 g/mol. The molecule has 0 bridgehead atoms. The number of aryl methyl sites for hydroxylation is 2. The molecule has 0 saturated heterocycles. The number of nitrogens with one attached hydrogen (secondary N) is 1. The third kappa shape index (κ3) is 2.34. The van der Waals surface area contributed by atoms with Gasteiger partial charge in [-0.1, -0.05) is 18.1 Å². The lowest BCUT2D eigenvalue weighted by molar-refractivity contribution is 0.102. The van der Waals surface area contributed by atoms with Gasteiger partial charge in [0, 0.05) is 11.4 Å². The zero-order chi connectivity index (χ0) is 13.1. The van der Waals surface area contributed by atoms with Crippen molar-refractivity contribution in [3.05, 3.63) is 41.3 Å². The highest BCUT2D eigenvalue weighted by molar-refractivity contribution is 6.04. The molecule has 5 nitrogen and oxygen atoms in total. The van der Waals surface area contributed by atoms with Gasteiger partial charge in [0.1, 0.15) is 11.3 Å². The number of carbonyl (C=O) groups is 1. The summed E-state index contributed by atoms with van der Waals surface area (Å²) < 4.78 is 4.85. The van der Waals surface area contributed by atoms with Gasteiger partial charge in [-0.05, 0) is 31.0 Å². The molecule has 2 aromatic rings. The van der Waals surface area contributed by atoms with Crippen LogP contribution in [0.25, 0.3) is 0 Å². The Morgan fingerprint density at radius 2 is 2.28 bits per heavy atom. The third-order valence-electron chi connectivity index (χ3n) is 2.78. The predicted molar refractivity (Wildman–Crippen MR) is 69.4 cm³/mol. The van der Waals surface area contributed by atoms with Crippen LogP contribution in [0, 0.1) is 6.92 Å². The van der Waals surface area contributed by atoms with Crippen molar-refractivity contribution in [1.82, 2.24) is 5.16 Å². The number of nitrogen functional groups attached to an aromatic ring is 1. The summed E-state index contributed by atoms with van der Waals surface area (Å²) in [6, 6.07) is 5.49. The minimum absolute atomic E-state index is 0.252. The minimum atomic E-state index is -0.252. The largest absolute Gasteiger partial charge is 0.398 e. The molecule has 0 spiro atoms. The Morgan fingerprint density at radius 3 is 2.83 bits per heavy atom. The number of anilines is 2. The Balaban J connectivity index is 2.17. The molecule has 2 rings (SSSR count). The molecule has 0 radical (unpaired) electrons. The first-order chi connectivity index (χ1) is 8.61. The van der Waals surface area contributed by atoms with Crippen molar-refractivity contribution in [2.45, 2.75) is 20.3 Å². The van der Waals surface area contributed by atoms with Crippen molar-refractivity contribution >= 4 is 17.3 Å². The number of rotatable bonds is 3. The predicted octanol–water partition coefficient (Wildman–Crippen LogP) is 2.38. The lowest BCUT2D eigenvalue weighted by atomic mass is 10.1. The van der Waals surface area contributed by atoms with Crippen molar-refractivity contribution < 1.29 is 9.32 Å². The smallest absolute Gasteiger partial charge is 0.260 e. The second kappa shape index (κ2) is 4.91. The number of nitrogens with two attached hydrogens (primary N) is 1. The Kier molecular flexibility index (Phi) is 3.32. The first kappa shape index (κ1) is 12.2. The molecule has 0 fully saturated rings. The lowest BCUT2D eigenvalue weighted by Gasteiger charge is -2.07. The van der Waals surface area contributed by atoms with Gasteiger partial charge in [-0.25, -0.2) is 0 Å². The van der Waals surface area contributed by atoms with Gasteiger partial charge in [0.05, 0.1) is 6.20 Å². The zero-order valence-corrected chi connectivity index (χ0v) is 10.4. The molecule has 1 aromatic heterocycles. The van der Waals surface area contributed by atoms with Crippen molar-refractivity contribution in [2.24, 2.45) is 0 Å². The number of aromatic nitrogens is 1. The molecule has 1 heterocycles. The molecule has 18 heavy (non-hydrogen) atoms. The van der Waals surface area contributed by atoms with E-state index in [1.807, 2.05) is 19.1 Å². The molecule has 3 N–H and O–H groups in total. The van der Waals surface area contributed by atoms with E-state index in [9.17, 15) is 4.79 Å².